The lowest BCUT2D eigenvalue weighted by Gasteiger charge is -2.40. The number of ether oxygens (including phenoxy) is 3. The van der Waals surface area contributed by atoms with Crippen molar-refractivity contribution in [2.45, 2.75) is 18.9 Å². The van der Waals surface area contributed by atoms with Crippen LogP contribution in [0.1, 0.15) is 24.4 Å². The molecule has 1 fully saturated rings. The lowest BCUT2D eigenvalue weighted by atomic mass is 9.83. The Morgan fingerprint density at radius 2 is 1.54 bits per heavy atom. The van der Waals surface area contributed by atoms with E-state index in [0.717, 1.165) is 15.8 Å². The van der Waals surface area contributed by atoms with Crippen molar-refractivity contribution in [2.75, 3.05) is 31.5 Å². The summed E-state index contributed by atoms with van der Waals surface area (Å²) in [5, 5.41) is 3.52. The number of carbonyl (C=O) groups is 2. The molecule has 190 valence electrons. The van der Waals surface area contributed by atoms with Gasteiger partial charge in [-0.1, -0.05) is 23.5 Å². The molecule has 1 saturated heterocycles. The Kier molecular flexibility index (Phi) is 6.96. The molecule has 8 nitrogen and oxygen atoms in total. The monoisotopic (exact) mass is 517 g/mol. The number of amides is 2. The highest BCUT2D eigenvalue weighted by molar-refractivity contribution is 7.22. The number of fused-ring (bicyclic) bond motifs is 1. The molecular weight excluding hydrogens is 490 g/mol. The number of rotatable bonds is 7. The summed E-state index contributed by atoms with van der Waals surface area (Å²) in [7, 11) is 4.81. The fraction of sp³-hybridized carbons (Fsp3) is 0.250. The minimum Gasteiger partial charge on any atom is -0.497 e. The molecule has 1 aliphatic heterocycles. The van der Waals surface area contributed by atoms with E-state index in [4.69, 9.17) is 14.2 Å². The van der Waals surface area contributed by atoms with Crippen molar-refractivity contribution in [2.24, 2.45) is 5.92 Å². The third kappa shape index (κ3) is 4.95. The van der Waals surface area contributed by atoms with Gasteiger partial charge in [-0.2, -0.15) is 0 Å². The first-order valence-corrected chi connectivity index (χ1v) is 12.7. The van der Waals surface area contributed by atoms with Crippen LogP contribution < -0.4 is 24.4 Å². The van der Waals surface area contributed by atoms with E-state index in [1.165, 1.54) is 11.3 Å². The van der Waals surface area contributed by atoms with E-state index < -0.39 is 12.0 Å². The normalized spacial score (nSPS) is 17.5. The molecule has 37 heavy (non-hydrogen) atoms. The van der Waals surface area contributed by atoms with Gasteiger partial charge in [0, 0.05) is 18.2 Å². The van der Waals surface area contributed by atoms with Crippen LogP contribution in [0, 0.1) is 5.92 Å². The molecule has 0 saturated carbocycles. The van der Waals surface area contributed by atoms with Crippen LogP contribution in [-0.2, 0) is 9.59 Å². The van der Waals surface area contributed by atoms with Gasteiger partial charge in [-0.3, -0.25) is 9.59 Å². The molecule has 4 aromatic rings. The third-order valence-electron chi connectivity index (χ3n) is 6.57. The van der Waals surface area contributed by atoms with Crippen molar-refractivity contribution in [3.05, 3.63) is 72.3 Å². The summed E-state index contributed by atoms with van der Waals surface area (Å²) in [6, 6.07) is 19.9. The predicted octanol–water partition coefficient (Wildman–Crippen LogP) is 5.45. The van der Waals surface area contributed by atoms with Gasteiger partial charge >= 0.3 is 0 Å². The quantitative estimate of drug-likeness (QED) is 0.351. The Morgan fingerprint density at radius 3 is 2.19 bits per heavy atom. The Balaban J connectivity index is 1.50. The molecule has 0 radical (unpaired) electrons. The number of nitrogens with one attached hydrogen (secondary N) is 1. The van der Waals surface area contributed by atoms with Gasteiger partial charge in [0.25, 0.3) is 0 Å². The summed E-state index contributed by atoms with van der Waals surface area (Å²) in [6.45, 7) is 0. The average Bonchev–Trinajstić information content (AvgIpc) is 3.34. The summed E-state index contributed by atoms with van der Waals surface area (Å²) in [5.74, 6) is 1.38. The zero-order chi connectivity index (χ0) is 25.9. The summed E-state index contributed by atoms with van der Waals surface area (Å²) < 4.78 is 16.8. The number of piperidine rings is 1. The zero-order valence-electron chi connectivity index (χ0n) is 20.8. The topological polar surface area (TPSA) is 90.0 Å². The highest BCUT2D eigenvalue weighted by Crippen LogP contribution is 2.41. The van der Waals surface area contributed by atoms with E-state index in [9.17, 15) is 9.59 Å². The van der Waals surface area contributed by atoms with Gasteiger partial charge in [0.2, 0.25) is 11.8 Å². The molecule has 0 spiro atoms. The number of hydrogen-bond donors (Lipinski definition) is 1. The van der Waals surface area contributed by atoms with Crippen LogP contribution in [0.4, 0.5) is 10.8 Å². The first-order valence-electron chi connectivity index (χ1n) is 11.9. The average molecular weight is 518 g/mol. The molecular formula is C28H27N3O5S. The lowest BCUT2D eigenvalue weighted by Crippen LogP contribution is -2.46. The minimum atomic E-state index is -0.505. The summed E-state index contributed by atoms with van der Waals surface area (Å²) in [6.07, 6.45) is 0.681. The third-order valence-corrected chi connectivity index (χ3v) is 7.52. The lowest BCUT2D eigenvalue weighted by molar-refractivity contribution is -0.125. The van der Waals surface area contributed by atoms with E-state index in [0.29, 0.717) is 34.5 Å². The van der Waals surface area contributed by atoms with Crippen LogP contribution in [0.25, 0.3) is 10.2 Å². The highest BCUT2D eigenvalue weighted by atomic mass is 32.1. The van der Waals surface area contributed by atoms with Crippen LogP contribution in [-0.4, -0.2) is 38.1 Å². The number of anilines is 2. The second-order valence-corrected chi connectivity index (χ2v) is 9.70. The van der Waals surface area contributed by atoms with Crippen LogP contribution in [0.15, 0.2) is 66.7 Å². The SMILES string of the molecule is COc1ccc(C2C(C(=O)Nc3nc4cc(OC)ccc4s3)CCC(=O)N2c2ccc(OC)cc2)cc1. The van der Waals surface area contributed by atoms with Gasteiger partial charge in [0.15, 0.2) is 5.13 Å². The van der Waals surface area contributed by atoms with Gasteiger partial charge in [-0.05, 0) is 60.5 Å². The Bertz CT molecular complexity index is 1420. The van der Waals surface area contributed by atoms with Gasteiger partial charge in [0.1, 0.15) is 17.2 Å². The minimum absolute atomic E-state index is 0.0397. The molecule has 5 rings (SSSR count). The van der Waals surface area contributed by atoms with E-state index in [-0.39, 0.29) is 18.2 Å². The maximum Gasteiger partial charge on any atom is 0.231 e. The Morgan fingerprint density at radius 1 is 0.919 bits per heavy atom. The summed E-state index contributed by atoms with van der Waals surface area (Å²) >= 11 is 1.40. The zero-order valence-corrected chi connectivity index (χ0v) is 21.6. The fourth-order valence-corrected chi connectivity index (χ4v) is 5.53. The molecule has 9 heteroatoms. The first-order chi connectivity index (χ1) is 18.0. The van der Waals surface area contributed by atoms with Crippen molar-refractivity contribution >= 4 is 44.2 Å². The van der Waals surface area contributed by atoms with E-state index >= 15 is 0 Å². The number of carbonyl (C=O) groups excluding carboxylic acids is 2. The highest BCUT2D eigenvalue weighted by Gasteiger charge is 2.41. The molecule has 3 aromatic carbocycles. The van der Waals surface area contributed by atoms with E-state index in [1.54, 1.807) is 26.2 Å². The van der Waals surface area contributed by atoms with Crippen LogP contribution in [0.2, 0.25) is 0 Å². The fourth-order valence-electron chi connectivity index (χ4n) is 4.68. The number of methoxy groups -OCH3 is 3. The Labute approximate surface area is 218 Å². The molecule has 0 bridgehead atoms. The molecule has 1 N–H and O–H groups in total. The number of benzene rings is 3. The predicted molar refractivity (Wildman–Crippen MR) is 144 cm³/mol. The number of thiazole rings is 1. The smallest absolute Gasteiger partial charge is 0.231 e. The standard InChI is InChI=1S/C28H27N3O5S/c1-34-19-8-4-17(5-9-19)26-22(13-15-25(32)31(26)18-6-10-20(35-2)11-7-18)27(33)30-28-29-23-16-21(36-3)12-14-24(23)37-28/h4-12,14,16,22,26H,13,15H2,1-3H3,(H,29,30,33). The number of hydrogen-bond acceptors (Lipinski definition) is 7. The molecule has 2 unspecified atom stereocenters. The molecule has 1 aromatic heterocycles. The maximum absolute atomic E-state index is 13.7. The van der Waals surface area contributed by atoms with Gasteiger partial charge in [-0.25, -0.2) is 4.98 Å². The van der Waals surface area contributed by atoms with Crippen molar-refractivity contribution in [1.29, 1.82) is 0 Å². The van der Waals surface area contributed by atoms with Gasteiger partial charge in [0.05, 0.1) is 43.5 Å². The van der Waals surface area contributed by atoms with Crippen LogP contribution in [0.3, 0.4) is 0 Å². The van der Waals surface area contributed by atoms with Crippen molar-refractivity contribution in [3.8, 4) is 17.2 Å². The van der Waals surface area contributed by atoms with Crippen molar-refractivity contribution in [1.82, 2.24) is 4.98 Å². The first kappa shape index (κ1) is 24.6. The summed E-state index contributed by atoms with van der Waals surface area (Å²) in [5.41, 5.74) is 2.31. The van der Waals surface area contributed by atoms with Gasteiger partial charge < -0.3 is 24.4 Å². The Hall–Kier alpha value is -4.11. The second-order valence-electron chi connectivity index (χ2n) is 8.67. The molecule has 2 atom stereocenters. The number of aromatic nitrogens is 1. The molecule has 0 aliphatic carbocycles. The van der Waals surface area contributed by atoms with Crippen molar-refractivity contribution in [3.63, 3.8) is 0 Å². The molecule has 1 aliphatic rings. The largest absolute Gasteiger partial charge is 0.497 e. The van der Waals surface area contributed by atoms with E-state index in [2.05, 4.69) is 10.3 Å². The second kappa shape index (κ2) is 10.5. The maximum atomic E-state index is 13.7. The molecule has 2 heterocycles. The van der Waals surface area contributed by atoms with Crippen molar-refractivity contribution < 1.29 is 23.8 Å². The van der Waals surface area contributed by atoms with Crippen LogP contribution in [0.5, 0.6) is 17.2 Å². The van der Waals surface area contributed by atoms with Gasteiger partial charge in [-0.15, -0.1) is 0 Å². The van der Waals surface area contributed by atoms with Crippen LogP contribution >= 0.6 is 11.3 Å². The summed E-state index contributed by atoms with van der Waals surface area (Å²) in [4.78, 5) is 33.3. The van der Waals surface area contributed by atoms with E-state index in [1.807, 2.05) is 66.7 Å². The number of nitrogens with zero attached hydrogens (tertiary/aromatic N) is 2. The molecule has 2 amide bonds.